The van der Waals surface area contributed by atoms with Gasteiger partial charge in [0, 0.05) is 6.61 Å². The maximum Gasteiger partial charge on any atom is 0.472 e. The highest BCUT2D eigenvalue weighted by atomic mass is 31.2. The van der Waals surface area contributed by atoms with Gasteiger partial charge in [0.05, 0.1) is 18.4 Å². The van der Waals surface area contributed by atoms with Crippen LogP contribution < -0.4 is 11.5 Å². The van der Waals surface area contributed by atoms with Crippen molar-refractivity contribution in [1.82, 2.24) is 14.6 Å². The number of fused-ring (bicyclic) bond motifs is 1. The molecule has 2 aliphatic rings. The third-order valence-electron chi connectivity index (χ3n) is 11.1. The Labute approximate surface area is 314 Å². The second-order valence-electron chi connectivity index (χ2n) is 15.7. The largest absolute Gasteiger partial charge is 0.472 e. The average Bonchev–Trinajstić information content (AvgIpc) is 3.76. The maximum atomic E-state index is 13.0. The zero-order valence-corrected chi connectivity index (χ0v) is 33.3. The second-order valence-corrected chi connectivity index (χ2v) is 17.2. The summed E-state index contributed by atoms with van der Waals surface area (Å²) in [5.41, 5.74) is 12.7. The fourth-order valence-electron chi connectivity index (χ4n) is 7.83. The number of hydrogen-bond acceptors (Lipinski definition) is 9. The molecule has 2 aromatic rings. The van der Waals surface area contributed by atoms with E-state index in [0.29, 0.717) is 36.7 Å². The number of hydrogen-bond donors (Lipinski definition) is 3. The number of rotatable bonds is 29. The van der Waals surface area contributed by atoms with Gasteiger partial charge in [0.1, 0.15) is 30.3 Å². The van der Waals surface area contributed by atoms with Crippen molar-refractivity contribution in [3.8, 4) is 0 Å². The summed E-state index contributed by atoms with van der Waals surface area (Å²) < 4.78 is 38.1. The van der Waals surface area contributed by atoms with Gasteiger partial charge in [-0.2, -0.15) is 5.10 Å². The van der Waals surface area contributed by atoms with E-state index in [1.54, 1.807) is 4.52 Å². The van der Waals surface area contributed by atoms with Crippen LogP contribution >= 0.6 is 7.82 Å². The highest BCUT2D eigenvalue weighted by Crippen LogP contribution is 2.46. The summed E-state index contributed by atoms with van der Waals surface area (Å²) in [5, 5.41) is 4.29. The van der Waals surface area contributed by atoms with Crippen molar-refractivity contribution in [2.45, 2.75) is 192 Å². The zero-order valence-electron chi connectivity index (χ0n) is 32.4. The molecule has 12 heteroatoms. The monoisotopic (exact) mass is 750 g/mol. The standard InChI is InChI=1S/C40H72N5O6P/c1-2-3-4-5-6-7-8-9-10-11-12-13-14-15-16-17-18-22-25-35(48-30-34-23-20-19-21-24-34)31-49-52(46,47)50-32-40(42)29-28-38(51-40)36-26-27-37-39(41)43-33-44-45(36)37/h26-27,33-35,38H,2-25,28-32,42H2,1H3,(H,46,47)(H2,41,43,44)/t35-,38-,40+/m1/s1. The fourth-order valence-corrected chi connectivity index (χ4v) is 8.64. The third-order valence-corrected chi connectivity index (χ3v) is 12.0. The molecule has 2 aromatic heterocycles. The van der Waals surface area contributed by atoms with Crippen molar-refractivity contribution < 1.29 is 28.0 Å². The first-order valence-electron chi connectivity index (χ1n) is 21.1. The Balaban J connectivity index is 1.08. The predicted octanol–water partition coefficient (Wildman–Crippen LogP) is 10.3. The number of anilines is 1. The first-order chi connectivity index (χ1) is 25.3. The first-order valence-corrected chi connectivity index (χ1v) is 22.6. The van der Waals surface area contributed by atoms with Gasteiger partial charge in [-0.15, -0.1) is 0 Å². The number of nitrogen functional groups attached to an aromatic ring is 1. The van der Waals surface area contributed by atoms with Crippen LogP contribution in [-0.4, -0.2) is 51.1 Å². The van der Waals surface area contributed by atoms with E-state index in [2.05, 4.69) is 17.0 Å². The minimum Gasteiger partial charge on any atom is -0.382 e. The lowest BCUT2D eigenvalue weighted by molar-refractivity contribution is -0.0742. The van der Waals surface area contributed by atoms with Crippen LogP contribution in [0.2, 0.25) is 0 Å². The van der Waals surface area contributed by atoms with Gasteiger partial charge in [0.2, 0.25) is 0 Å². The van der Waals surface area contributed by atoms with Crippen LogP contribution in [0.25, 0.3) is 5.52 Å². The highest BCUT2D eigenvalue weighted by molar-refractivity contribution is 7.47. The van der Waals surface area contributed by atoms with Crippen molar-refractivity contribution >= 4 is 19.2 Å². The van der Waals surface area contributed by atoms with Gasteiger partial charge in [0.15, 0.2) is 5.82 Å². The third kappa shape index (κ3) is 16.0. The van der Waals surface area contributed by atoms with E-state index in [-0.39, 0.29) is 25.4 Å². The number of nitrogens with two attached hydrogens (primary N) is 2. The molecule has 52 heavy (non-hydrogen) atoms. The summed E-state index contributed by atoms with van der Waals surface area (Å²) in [6.07, 6.45) is 32.9. The summed E-state index contributed by atoms with van der Waals surface area (Å²) >= 11 is 0. The van der Waals surface area contributed by atoms with Crippen LogP contribution in [0.4, 0.5) is 5.82 Å². The topological polar surface area (TPSA) is 156 Å². The molecule has 4 rings (SSSR count). The van der Waals surface area contributed by atoms with Gasteiger partial charge >= 0.3 is 7.82 Å². The molecule has 0 radical (unpaired) electrons. The lowest BCUT2D eigenvalue weighted by Crippen LogP contribution is -2.43. The molecule has 1 saturated heterocycles. The Bertz CT molecular complexity index is 1290. The number of aromatic nitrogens is 3. The van der Waals surface area contributed by atoms with Gasteiger partial charge in [-0.25, -0.2) is 14.1 Å². The van der Waals surface area contributed by atoms with Crippen molar-refractivity contribution in [2.75, 3.05) is 25.6 Å². The Morgan fingerprint density at radius 3 is 2.10 bits per heavy atom. The SMILES string of the molecule is CCCCCCCCCCCCCCCCCCCC[C@H](COP(=O)(O)OC[C@]1(N)CC[C@H](c2ccc3c(N)ncnn23)O1)OCC1CCCCC1. The van der Waals surface area contributed by atoms with Crippen molar-refractivity contribution in [3.63, 3.8) is 0 Å². The van der Waals surface area contributed by atoms with Crippen LogP contribution in [0.15, 0.2) is 18.5 Å². The molecule has 1 unspecified atom stereocenters. The van der Waals surface area contributed by atoms with Crippen molar-refractivity contribution in [2.24, 2.45) is 11.7 Å². The van der Waals surface area contributed by atoms with Gasteiger partial charge in [-0.1, -0.05) is 142 Å². The number of nitrogens with zero attached hydrogens (tertiary/aromatic N) is 3. The molecule has 0 spiro atoms. The number of ether oxygens (including phenoxy) is 2. The molecule has 2 fully saturated rings. The van der Waals surface area contributed by atoms with E-state index in [1.165, 1.54) is 141 Å². The number of unbranched alkanes of at least 4 members (excludes halogenated alkanes) is 17. The molecule has 1 aliphatic heterocycles. The van der Waals surface area contributed by atoms with E-state index >= 15 is 0 Å². The van der Waals surface area contributed by atoms with E-state index < -0.39 is 13.5 Å². The van der Waals surface area contributed by atoms with Crippen molar-refractivity contribution in [1.29, 1.82) is 0 Å². The Morgan fingerprint density at radius 2 is 1.48 bits per heavy atom. The molecule has 4 atom stereocenters. The first kappa shape index (κ1) is 43.1. The molecule has 3 heterocycles. The fraction of sp³-hybridized carbons (Fsp3) is 0.850. The Morgan fingerprint density at radius 1 is 0.885 bits per heavy atom. The van der Waals surface area contributed by atoms with Crippen LogP contribution in [-0.2, 0) is 23.1 Å². The molecule has 1 saturated carbocycles. The highest BCUT2D eigenvalue weighted by Gasteiger charge is 2.41. The minimum absolute atomic E-state index is 0.0117. The molecule has 298 valence electrons. The molecule has 11 nitrogen and oxygen atoms in total. The van der Waals surface area contributed by atoms with E-state index in [1.807, 2.05) is 12.1 Å². The summed E-state index contributed by atoms with van der Waals surface area (Å²) in [7, 11) is -4.38. The molecule has 0 aromatic carbocycles. The lowest BCUT2D eigenvalue weighted by Gasteiger charge is -2.27. The Kier molecular flexibility index (Phi) is 19.9. The quantitative estimate of drug-likeness (QED) is 0.0540. The molecular weight excluding hydrogens is 677 g/mol. The van der Waals surface area contributed by atoms with E-state index in [4.69, 9.17) is 30.0 Å². The summed E-state index contributed by atoms with van der Waals surface area (Å²) in [5.74, 6) is 0.931. The van der Waals surface area contributed by atoms with Gasteiger partial charge in [0.25, 0.3) is 0 Å². The molecule has 0 bridgehead atoms. The van der Waals surface area contributed by atoms with Crippen molar-refractivity contribution in [3.05, 3.63) is 24.2 Å². The zero-order chi connectivity index (χ0) is 36.9. The minimum atomic E-state index is -4.38. The summed E-state index contributed by atoms with van der Waals surface area (Å²) in [6.45, 7) is 2.70. The van der Waals surface area contributed by atoms with Crippen LogP contribution in [0.3, 0.4) is 0 Å². The predicted molar refractivity (Wildman–Crippen MR) is 209 cm³/mol. The van der Waals surface area contributed by atoms with Gasteiger partial charge < -0.3 is 25.8 Å². The summed E-state index contributed by atoms with van der Waals surface area (Å²) in [6, 6.07) is 3.72. The molecule has 0 amide bonds. The molecule has 5 N–H and O–H groups in total. The van der Waals surface area contributed by atoms with Crippen LogP contribution in [0, 0.1) is 5.92 Å². The van der Waals surface area contributed by atoms with Crippen LogP contribution in [0.1, 0.15) is 186 Å². The molecule has 1 aliphatic carbocycles. The average molecular weight is 750 g/mol. The maximum absolute atomic E-state index is 13.0. The summed E-state index contributed by atoms with van der Waals surface area (Å²) in [4.78, 5) is 14.6. The Hall–Kier alpha value is -1.59. The van der Waals surface area contributed by atoms with E-state index in [9.17, 15) is 9.46 Å². The molecular formula is C40H72N5O6P. The normalized spacial score (nSPS) is 21.6. The smallest absolute Gasteiger partial charge is 0.382 e. The number of phosphoric acid groups is 1. The van der Waals surface area contributed by atoms with Gasteiger partial charge in [-0.3, -0.25) is 9.05 Å². The van der Waals surface area contributed by atoms with Gasteiger partial charge in [-0.05, 0) is 50.2 Å². The number of phosphoric ester groups is 1. The van der Waals surface area contributed by atoms with E-state index in [0.717, 1.165) is 25.0 Å². The second kappa shape index (κ2) is 24.0. The lowest BCUT2D eigenvalue weighted by atomic mass is 9.90. The van der Waals surface area contributed by atoms with Crippen LogP contribution in [0.5, 0.6) is 0 Å².